The zero-order valence-electron chi connectivity index (χ0n) is 29.7. The molecular formula is C46H39N4OSi-. The number of hydrogen-bond donors (Lipinski definition) is 2. The van der Waals surface area contributed by atoms with Crippen molar-refractivity contribution in [1.29, 1.82) is 5.41 Å². The second kappa shape index (κ2) is 12.9. The van der Waals surface area contributed by atoms with Crippen molar-refractivity contribution >= 4 is 52.3 Å². The van der Waals surface area contributed by atoms with E-state index in [1.54, 1.807) is 0 Å². The molecule has 0 bridgehead atoms. The first-order chi connectivity index (χ1) is 25.1. The molecule has 2 N–H and O–H groups in total. The molecule has 0 fully saturated rings. The highest BCUT2D eigenvalue weighted by Gasteiger charge is 2.32. The minimum Gasteiger partial charge on any atom is -0.753 e. The molecule has 1 atom stereocenters. The number of rotatable bonds is 7. The average molecular weight is 692 g/mol. The van der Waals surface area contributed by atoms with E-state index in [1.807, 2.05) is 62.1 Å². The summed E-state index contributed by atoms with van der Waals surface area (Å²) >= 11 is 0. The molecule has 5 nitrogen and oxygen atoms in total. The first kappa shape index (κ1) is 33.1. The van der Waals surface area contributed by atoms with Crippen molar-refractivity contribution in [3.63, 3.8) is 0 Å². The lowest BCUT2D eigenvalue weighted by atomic mass is 9.84. The van der Waals surface area contributed by atoms with E-state index in [1.165, 1.54) is 10.8 Å². The van der Waals surface area contributed by atoms with Crippen molar-refractivity contribution in [2.24, 2.45) is 4.99 Å². The van der Waals surface area contributed by atoms with Gasteiger partial charge in [-0.25, -0.2) is 0 Å². The van der Waals surface area contributed by atoms with Crippen LogP contribution >= 0.6 is 0 Å². The van der Waals surface area contributed by atoms with Crippen molar-refractivity contribution in [1.82, 2.24) is 5.32 Å². The van der Waals surface area contributed by atoms with Gasteiger partial charge >= 0.3 is 0 Å². The molecular weight excluding hydrogens is 653 g/mol. The summed E-state index contributed by atoms with van der Waals surface area (Å²) in [4.78, 5) is 5.35. The second-order valence-electron chi connectivity index (χ2n) is 14.6. The molecule has 0 saturated heterocycles. The quantitative estimate of drug-likeness (QED) is 0.0575. The van der Waals surface area contributed by atoms with Crippen molar-refractivity contribution in [3.05, 3.63) is 179 Å². The third-order valence-corrected chi connectivity index (χ3v) is 11.6. The topological polar surface area (TPSA) is 74.5 Å². The van der Waals surface area contributed by atoms with E-state index in [4.69, 9.17) is 10.4 Å². The van der Waals surface area contributed by atoms with E-state index in [0.717, 1.165) is 66.3 Å². The Morgan fingerprint density at radius 2 is 1.42 bits per heavy atom. The van der Waals surface area contributed by atoms with Crippen LogP contribution in [0.15, 0.2) is 168 Å². The summed E-state index contributed by atoms with van der Waals surface area (Å²) in [6.45, 7) is 8.23. The van der Waals surface area contributed by atoms with Crippen LogP contribution in [0, 0.1) is 10.6 Å². The predicted molar refractivity (Wildman–Crippen MR) is 222 cm³/mol. The Labute approximate surface area is 305 Å². The molecule has 1 aliphatic heterocycles. The van der Waals surface area contributed by atoms with E-state index < -0.39 is 13.6 Å². The first-order valence-corrected chi connectivity index (χ1v) is 21.1. The predicted octanol–water partition coefficient (Wildman–Crippen LogP) is 11.4. The fourth-order valence-corrected chi connectivity index (χ4v) is 7.92. The lowest BCUT2D eigenvalue weighted by molar-refractivity contribution is 0.628. The Morgan fingerprint density at radius 3 is 2.19 bits per heavy atom. The summed E-state index contributed by atoms with van der Waals surface area (Å²) in [6.07, 6.45) is 8.22. The standard InChI is InChI=1S/C46H39N4OSi/c1-46(42-22-12-16-31-13-7-8-19-40(31)42)30-43(48-44(49-46)33-14-5-6-15-33)41-20-10-9-18-38(41)35-25-28-39-34(29-35)17-11-21-37(39)32-23-26-36(27-24-32)50(51)45(47)52(2,3)4/h5,7-30,47H,1-4H3,(H,48,49)/q-1. The average Bonchev–Trinajstić information content (AvgIpc) is 3.72. The zero-order chi connectivity index (χ0) is 36.0. The number of nitrogens with zero attached hydrogens (tertiary/aromatic N) is 2. The number of anilines is 1. The number of aliphatic imine (C=N–C) groups is 1. The van der Waals surface area contributed by atoms with Gasteiger partial charge in [-0.15, -0.1) is 5.73 Å². The molecule has 6 heteroatoms. The molecule has 0 radical (unpaired) electrons. The maximum absolute atomic E-state index is 12.9. The number of fused-ring (bicyclic) bond motifs is 2. The molecule has 52 heavy (non-hydrogen) atoms. The maximum atomic E-state index is 12.9. The SMILES string of the molecule is CC1(c2cccc3ccccc23)C=C(c2ccccc2-c2ccc3c(-c4ccc(N([O-])C(=N)[Si](C)(C)C)cc4)cccc3c2)NC(C2=CC=C=C2)=N1. The molecule has 1 heterocycles. The monoisotopic (exact) mass is 691 g/mol. The Morgan fingerprint density at radius 1 is 0.750 bits per heavy atom. The summed E-state index contributed by atoms with van der Waals surface area (Å²) in [5.41, 5.74) is 11.8. The van der Waals surface area contributed by atoms with Gasteiger partial charge in [-0.2, -0.15) is 0 Å². The highest BCUT2D eigenvalue weighted by Crippen LogP contribution is 2.40. The van der Waals surface area contributed by atoms with Crippen molar-refractivity contribution in [2.45, 2.75) is 32.1 Å². The molecule has 6 aromatic carbocycles. The smallest absolute Gasteiger partial charge is 0.134 e. The lowest BCUT2D eigenvalue weighted by Gasteiger charge is -2.36. The summed E-state index contributed by atoms with van der Waals surface area (Å²) in [5, 5.41) is 30.4. The van der Waals surface area contributed by atoms with Crippen LogP contribution in [0.25, 0.3) is 49.5 Å². The Hall–Kier alpha value is -6.04. The fourth-order valence-electron chi connectivity index (χ4n) is 7.18. The summed E-state index contributed by atoms with van der Waals surface area (Å²) in [6, 6.07) is 44.1. The van der Waals surface area contributed by atoms with Crippen LogP contribution in [0.2, 0.25) is 19.6 Å². The van der Waals surface area contributed by atoms with Gasteiger partial charge in [-0.1, -0.05) is 129 Å². The minimum absolute atomic E-state index is 0.170. The van der Waals surface area contributed by atoms with Gasteiger partial charge in [0.05, 0.1) is 5.46 Å². The number of hydroxylamine groups is 1. The van der Waals surface area contributed by atoms with E-state index in [0.29, 0.717) is 5.69 Å². The second-order valence-corrected chi connectivity index (χ2v) is 19.6. The Kier molecular flexibility index (Phi) is 8.24. The van der Waals surface area contributed by atoms with Crippen LogP contribution in [-0.2, 0) is 5.54 Å². The highest BCUT2D eigenvalue weighted by molar-refractivity contribution is 7.05. The molecule has 0 amide bonds. The maximum Gasteiger partial charge on any atom is 0.134 e. The van der Waals surface area contributed by atoms with Crippen molar-refractivity contribution in [3.8, 4) is 22.3 Å². The number of hydrogen-bond acceptors (Lipinski definition) is 4. The van der Waals surface area contributed by atoms with E-state index in [-0.39, 0.29) is 5.46 Å². The third kappa shape index (κ3) is 6.03. The first-order valence-electron chi connectivity index (χ1n) is 17.6. The fraction of sp³-hybridized carbons (Fsp3) is 0.109. The van der Waals surface area contributed by atoms with E-state index in [9.17, 15) is 5.21 Å². The van der Waals surface area contributed by atoms with Gasteiger partial charge in [0.1, 0.15) is 19.4 Å². The van der Waals surface area contributed by atoms with Crippen molar-refractivity contribution in [2.75, 3.05) is 5.06 Å². The summed E-state index contributed by atoms with van der Waals surface area (Å²) < 4.78 is 0. The third-order valence-electron chi connectivity index (χ3n) is 9.96. The van der Waals surface area contributed by atoms with Gasteiger partial charge in [-0.05, 0) is 98.8 Å². The normalized spacial score (nSPS) is 16.8. The van der Waals surface area contributed by atoms with Crippen LogP contribution in [0.4, 0.5) is 5.69 Å². The summed E-state index contributed by atoms with van der Waals surface area (Å²) in [7, 11) is -2.04. The van der Waals surface area contributed by atoms with Crippen LogP contribution in [-0.4, -0.2) is 19.4 Å². The zero-order valence-corrected chi connectivity index (χ0v) is 30.7. The van der Waals surface area contributed by atoms with Crippen LogP contribution in [0.5, 0.6) is 0 Å². The van der Waals surface area contributed by atoms with Gasteiger partial charge < -0.3 is 15.6 Å². The molecule has 1 unspecified atom stereocenters. The molecule has 0 saturated carbocycles. The number of allylic oxidation sites excluding steroid dienone is 1. The summed E-state index contributed by atoms with van der Waals surface area (Å²) in [5.74, 6) is 0.815. The van der Waals surface area contributed by atoms with Gasteiger partial charge in [-0.3, -0.25) is 10.4 Å². The van der Waals surface area contributed by atoms with Crippen LogP contribution in [0.3, 0.4) is 0 Å². The van der Waals surface area contributed by atoms with Gasteiger partial charge in [0.15, 0.2) is 0 Å². The molecule has 254 valence electrons. The molecule has 8 rings (SSSR count). The lowest BCUT2D eigenvalue weighted by Crippen LogP contribution is -2.43. The highest BCUT2D eigenvalue weighted by atomic mass is 28.3. The van der Waals surface area contributed by atoms with Crippen LogP contribution in [0.1, 0.15) is 18.1 Å². The molecule has 0 spiro atoms. The van der Waals surface area contributed by atoms with Crippen molar-refractivity contribution < 1.29 is 0 Å². The Bertz CT molecular complexity index is 2560. The largest absolute Gasteiger partial charge is 0.753 e. The van der Waals surface area contributed by atoms with Gasteiger partial charge in [0.25, 0.3) is 0 Å². The van der Waals surface area contributed by atoms with Crippen LogP contribution < -0.4 is 10.4 Å². The number of nitrogens with one attached hydrogen (secondary N) is 2. The number of benzene rings is 6. The van der Waals surface area contributed by atoms with Gasteiger partial charge in [0.2, 0.25) is 0 Å². The minimum atomic E-state index is -2.04. The van der Waals surface area contributed by atoms with E-state index >= 15 is 0 Å². The van der Waals surface area contributed by atoms with E-state index in [2.05, 4.69) is 127 Å². The number of amidine groups is 2. The molecule has 1 aliphatic carbocycles. The molecule has 6 aromatic rings. The van der Waals surface area contributed by atoms with Gasteiger partial charge in [0, 0.05) is 22.5 Å². The molecule has 0 aromatic heterocycles. The Balaban J connectivity index is 1.19. The molecule has 2 aliphatic rings.